The fraction of sp³-hybridized carbons (Fsp3) is 0.636. The molecule has 2 N–H and O–H groups in total. The predicted molar refractivity (Wildman–Crippen MR) is 70.4 cm³/mol. The highest BCUT2D eigenvalue weighted by molar-refractivity contribution is 5.62. The molecular formula is C11H17N5O3. The summed E-state index contributed by atoms with van der Waals surface area (Å²) in [4.78, 5) is 20.8. The number of aromatic nitrogens is 2. The van der Waals surface area contributed by atoms with E-state index in [-0.39, 0.29) is 11.8 Å². The van der Waals surface area contributed by atoms with Crippen LogP contribution in [-0.2, 0) is 0 Å². The van der Waals surface area contributed by atoms with Crippen LogP contribution < -0.4 is 10.2 Å². The predicted octanol–water partition coefficient (Wildman–Crippen LogP) is 0.696. The zero-order valence-electron chi connectivity index (χ0n) is 11.0. The molecule has 1 aliphatic heterocycles. The second-order valence-electron chi connectivity index (χ2n) is 4.53. The van der Waals surface area contributed by atoms with Crippen molar-refractivity contribution in [3.05, 3.63) is 15.8 Å². The van der Waals surface area contributed by atoms with Crippen molar-refractivity contribution in [3.8, 4) is 0 Å². The lowest BCUT2D eigenvalue weighted by atomic mass is 10.1. The molecule has 1 aromatic rings. The van der Waals surface area contributed by atoms with Gasteiger partial charge in [-0.3, -0.25) is 10.1 Å². The number of aliphatic hydroxyl groups excluding tert-OH is 1. The highest BCUT2D eigenvalue weighted by Crippen LogP contribution is 2.31. The average molecular weight is 267 g/mol. The normalized spacial score (nSPS) is 16.5. The van der Waals surface area contributed by atoms with E-state index < -0.39 is 4.92 Å². The minimum Gasteiger partial charge on any atom is -0.393 e. The highest BCUT2D eigenvalue weighted by Gasteiger charge is 2.28. The summed E-state index contributed by atoms with van der Waals surface area (Å²) in [6.45, 7) is 2.71. The molecule has 1 saturated heterocycles. The van der Waals surface area contributed by atoms with Crippen LogP contribution in [0.4, 0.5) is 17.5 Å². The van der Waals surface area contributed by atoms with Crippen LogP contribution >= 0.6 is 0 Å². The van der Waals surface area contributed by atoms with E-state index >= 15 is 0 Å². The largest absolute Gasteiger partial charge is 0.393 e. The van der Waals surface area contributed by atoms with Gasteiger partial charge in [-0.2, -0.15) is 4.98 Å². The lowest BCUT2D eigenvalue weighted by molar-refractivity contribution is -0.385. The second-order valence-corrected chi connectivity index (χ2v) is 4.53. The number of hydrogen-bond donors (Lipinski definition) is 2. The summed E-state index contributed by atoms with van der Waals surface area (Å²) in [5.74, 6) is 0.693. The molecule has 2 heterocycles. The Labute approximate surface area is 110 Å². The zero-order chi connectivity index (χ0) is 14.0. The number of nitrogens with zero attached hydrogens (tertiary/aromatic N) is 4. The van der Waals surface area contributed by atoms with Crippen molar-refractivity contribution >= 4 is 17.5 Å². The van der Waals surface area contributed by atoms with E-state index in [0.717, 1.165) is 0 Å². The molecule has 2 rings (SSSR count). The molecule has 104 valence electrons. The Balaban J connectivity index is 2.41. The summed E-state index contributed by atoms with van der Waals surface area (Å²) < 4.78 is 0. The smallest absolute Gasteiger partial charge is 0.332 e. The molecule has 0 unspecified atom stereocenters. The van der Waals surface area contributed by atoms with Gasteiger partial charge >= 0.3 is 5.69 Å². The van der Waals surface area contributed by atoms with Crippen LogP contribution in [0.5, 0.6) is 0 Å². The number of anilines is 2. The summed E-state index contributed by atoms with van der Waals surface area (Å²) in [6.07, 6.45) is 0.853. The van der Waals surface area contributed by atoms with Crippen molar-refractivity contribution in [3.63, 3.8) is 0 Å². The van der Waals surface area contributed by atoms with Gasteiger partial charge in [0.1, 0.15) is 5.69 Å². The number of aryl methyl sites for hydroxylation is 1. The first-order valence-electron chi connectivity index (χ1n) is 6.16. The maximum Gasteiger partial charge on any atom is 0.332 e. The van der Waals surface area contributed by atoms with Gasteiger partial charge in [0.25, 0.3) is 0 Å². The Kier molecular flexibility index (Phi) is 3.79. The van der Waals surface area contributed by atoms with E-state index in [1.807, 2.05) is 4.90 Å². The third kappa shape index (κ3) is 2.73. The summed E-state index contributed by atoms with van der Waals surface area (Å²) in [6, 6.07) is 0. The third-order valence-electron chi connectivity index (χ3n) is 3.21. The molecule has 1 aliphatic rings. The summed E-state index contributed by atoms with van der Waals surface area (Å²) in [7, 11) is 1.67. The first-order chi connectivity index (χ1) is 9.02. The molecule has 0 amide bonds. The van der Waals surface area contributed by atoms with Crippen LogP contribution in [0.3, 0.4) is 0 Å². The Bertz CT molecular complexity index is 485. The first-order valence-corrected chi connectivity index (χ1v) is 6.16. The van der Waals surface area contributed by atoms with Crippen LogP contribution in [-0.4, -0.2) is 46.2 Å². The monoisotopic (exact) mass is 267 g/mol. The van der Waals surface area contributed by atoms with Crippen molar-refractivity contribution < 1.29 is 10.0 Å². The Morgan fingerprint density at radius 3 is 2.58 bits per heavy atom. The van der Waals surface area contributed by atoms with E-state index in [1.54, 1.807) is 14.0 Å². The maximum atomic E-state index is 11.2. The fourth-order valence-corrected chi connectivity index (χ4v) is 2.18. The van der Waals surface area contributed by atoms with E-state index in [9.17, 15) is 15.2 Å². The van der Waals surface area contributed by atoms with Crippen LogP contribution in [0, 0.1) is 17.0 Å². The van der Waals surface area contributed by atoms with Crippen LogP contribution in [0.25, 0.3) is 0 Å². The van der Waals surface area contributed by atoms with Crippen molar-refractivity contribution in [2.75, 3.05) is 30.4 Å². The van der Waals surface area contributed by atoms with Gasteiger partial charge in [-0.25, -0.2) is 4.98 Å². The van der Waals surface area contributed by atoms with Crippen molar-refractivity contribution in [2.45, 2.75) is 25.9 Å². The molecule has 0 saturated carbocycles. The average Bonchev–Trinajstić information content (AvgIpc) is 2.38. The minimum atomic E-state index is -0.449. The number of hydrogen-bond acceptors (Lipinski definition) is 7. The highest BCUT2D eigenvalue weighted by atomic mass is 16.6. The Morgan fingerprint density at radius 2 is 2.05 bits per heavy atom. The van der Waals surface area contributed by atoms with E-state index in [0.29, 0.717) is 43.4 Å². The van der Waals surface area contributed by atoms with Gasteiger partial charge in [-0.1, -0.05) is 0 Å². The number of aliphatic hydroxyl groups is 1. The lowest BCUT2D eigenvalue weighted by Gasteiger charge is -2.30. The number of nitro groups is 1. The van der Waals surface area contributed by atoms with Gasteiger partial charge in [-0.15, -0.1) is 0 Å². The molecule has 0 aliphatic carbocycles. The molecule has 0 radical (unpaired) electrons. The molecule has 19 heavy (non-hydrogen) atoms. The van der Waals surface area contributed by atoms with Crippen molar-refractivity contribution in [1.29, 1.82) is 0 Å². The van der Waals surface area contributed by atoms with E-state index in [4.69, 9.17) is 0 Å². The van der Waals surface area contributed by atoms with Crippen LogP contribution in [0.2, 0.25) is 0 Å². The van der Waals surface area contributed by atoms with Gasteiger partial charge in [0.2, 0.25) is 11.8 Å². The first kappa shape index (κ1) is 13.5. The Morgan fingerprint density at radius 1 is 1.42 bits per heavy atom. The molecule has 0 aromatic carbocycles. The molecule has 8 heteroatoms. The van der Waals surface area contributed by atoms with Gasteiger partial charge in [-0.05, 0) is 19.8 Å². The molecule has 1 aromatic heterocycles. The number of piperidine rings is 1. The molecule has 8 nitrogen and oxygen atoms in total. The molecule has 0 bridgehead atoms. The molecule has 0 spiro atoms. The summed E-state index contributed by atoms with van der Waals surface area (Å²) in [5, 5.41) is 23.5. The van der Waals surface area contributed by atoms with Gasteiger partial charge in [0, 0.05) is 20.1 Å². The van der Waals surface area contributed by atoms with Crippen LogP contribution in [0.1, 0.15) is 18.5 Å². The molecule has 0 atom stereocenters. The van der Waals surface area contributed by atoms with Gasteiger partial charge < -0.3 is 15.3 Å². The molecular weight excluding hydrogens is 250 g/mol. The zero-order valence-corrected chi connectivity index (χ0v) is 11.0. The number of nitrogens with one attached hydrogen (secondary N) is 1. The minimum absolute atomic E-state index is 0.0598. The maximum absolute atomic E-state index is 11.2. The van der Waals surface area contributed by atoms with Crippen molar-refractivity contribution in [2.24, 2.45) is 0 Å². The standard InChI is InChI=1S/C11H17N5O3/c1-7-9(16(18)19)10(14-11(12-2)13-7)15-5-3-8(17)4-6-15/h8,17H,3-6H2,1-2H3,(H,12,13,14). The molecule has 1 fully saturated rings. The van der Waals surface area contributed by atoms with Crippen molar-refractivity contribution in [1.82, 2.24) is 9.97 Å². The van der Waals surface area contributed by atoms with E-state index in [2.05, 4.69) is 15.3 Å². The topological polar surface area (TPSA) is 104 Å². The van der Waals surface area contributed by atoms with E-state index in [1.165, 1.54) is 0 Å². The number of rotatable bonds is 3. The fourth-order valence-electron chi connectivity index (χ4n) is 2.18. The summed E-state index contributed by atoms with van der Waals surface area (Å²) in [5.41, 5.74) is 0.279. The Hall–Kier alpha value is -1.96. The third-order valence-corrected chi connectivity index (χ3v) is 3.21. The van der Waals surface area contributed by atoms with Gasteiger partial charge in [0.05, 0.1) is 11.0 Å². The second kappa shape index (κ2) is 5.35. The lowest BCUT2D eigenvalue weighted by Crippen LogP contribution is -2.37. The van der Waals surface area contributed by atoms with Gasteiger partial charge in [0.15, 0.2) is 0 Å². The quantitative estimate of drug-likeness (QED) is 0.613. The summed E-state index contributed by atoms with van der Waals surface area (Å²) >= 11 is 0. The SMILES string of the molecule is CNc1nc(C)c([N+](=O)[O-])c(N2CCC(O)CC2)n1. The van der Waals surface area contributed by atoms with Crippen LogP contribution in [0.15, 0.2) is 0 Å².